The van der Waals surface area contributed by atoms with Crippen LogP contribution in [0, 0.1) is 5.92 Å². The number of rotatable bonds is 5. The van der Waals surface area contributed by atoms with Crippen molar-refractivity contribution in [2.45, 2.75) is 38.6 Å². The number of nitrogens with zero attached hydrogens (tertiary/aromatic N) is 1. The van der Waals surface area contributed by atoms with Crippen LogP contribution in [0.2, 0.25) is 0 Å². The Morgan fingerprint density at radius 3 is 2.90 bits per heavy atom. The van der Waals surface area contributed by atoms with Crippen LogP contribution in [0.5, 0.6) is 5.75 Å². The molecular weight excluding hydrogens is 264 g/mol. The molecule has 0 saturated heterocycles. The molecule has 4 nitrogen and oxygen atoms in total. The molecule has 1 aromatic carbocycles. The molecule has 0 bridgehead atoms. The molecule has 116 valence electrons. The van der Waals surface area contributed by atoms with Gasteiger partial charge in [0.1, 0.15) is 5.75 Å². The fourth-order valence-corrected chi connectivity index (χ4v) is 2.95. The van der Waals surface area contributed by atoms with Gasteiger partial charge in [0, 0.05) is 23.7 Å². The lowest BCUT2D eigenvalue weighted by atomic mass is 9.84. The third kappa shape index (κ3) is 4.46. The van der Waals surface area contributed by atoms with Gasteiger partial charge in [-0.25, -0.2) is 0 Å². The maximum Gasteiger partial charge on any atom is 0.227 e. The maximum atomic E-state index is 12.4. The molecule has 2 rings (SSSR count). The van der Waals surface area contributed by atoms with Crippen LogP contribution in [-0.2, 0) is 4.79 Å². The lowest BCUT2D eigenvalue weighted by Gasteiger charge is -2.32. The first-order chi connectivity index (χ1) is 10.1. The van der Waals surface area contributed by atoms with Crippen molar-refractivity contribution in [3.8, 4) is 5.75 Å². The van der Waals surface area contributed by atoms with Crippen LogP contribution < -0.4 is 10.1 Å². The summed E-state index contributed by atoms with van der Waals surface area (Å²) in [4.78, 5) is 14.7. The van der Waals surface area contributed by atoms with E-state index in [1.165, 1.54) is 6.42 Å². The highest BCUT2D eigenvalue weighted by atomic mass is 16.5. The zero-order chi connectivity index (χ0) is 15.2. The first-order valence-electron chi connectivity index (χ1n) is 7.80. The molecule has 0 radical (unpaired) electrons. The Kier molecular flexibility index (Phi) is 5.62. The van der Waals surface area contributed by atoms with Crippen LogP contribution in [-0.4, -0.2) is 37.6 Å². The van der Waals surface area contributed by atoms with Gasteiger partial charge in [0.2, 0.25) is 5.91 Å². The molecule has 0 heterocycles. The number of benzene rings is 1. The van der Waals surface area contributed by atoms with Crippen molar-refractivity contribution in [2.75, 3.05) is 26.0 Å². The second-order valence-electron chi connectivity index (χ2n) is 5.93. The van der Waals surface area contributed by atoms with Gasteiger partial charge in [-0.2, -0.15) is 0 Å². The zero-order valence-corrected chi connectivity index (χ0v) is 13.3. The fourth-order valence-electron chi connectivity index (χ4n) is 2.95. The Balaban J connectivity index is 1.96. The first kappa shape index (κ1) is 15.8. The van der Waals surface area contributed by atoms with Gasteiger partial charge in [-0.1, -0.05) is 12.5 Å². The quantitative estimate of drug-likeness (QED) is 0.906. The van der Waals surface area contributed by atoms with Gasteiger partial charge in [0.15, 0.2) is 0 Å². The Morgan fingerprint density at radius 1 is 1.38 bits per heavy atom. The third-order valence-electron chi connectivity index (χ3n) is 4.16. The van der Waals surface area contributed by atoms with Crippen LogP contribution in [0.25, 0.3) is 0 Å². The summed E-state index contributed by atoms with van der Waals surface area (Å²) < 4.78 is 5.46. The number of hydrogen-bond donors (Lipinski definition) is 1. The van der Waals surface area contributed by atoms with Gasteiger partial charge in [0.25, 0.3) is 0 Å². The summed E-state index contributed by atoms with van der Waals surface area (Å²) in [5.41, 5.74) is 0.818. The molecule has 1 amide bonds. The lowest BCUT2D eigenvalue weighted by molar-refractivity contribution is -0.121. The van der Waals surface area contributed by atoms with E-state index in [0.29, 0.717) is 12.6 Å². The van der Waals surface area contributed by atoms with Crippen LogP contribution in [0.4, 0.5) is 5.69 Å². The van der Waals surface area contributed by atoms with Crippen molar-refractivity contribution in [1.82, 2.24) is 4.90 Å². The van der Waals surface area contributed by atoms with Crippen molar-refractivity contribution in [1.29, 1.82) is 0 Å². The highest BCUT2D eigenvalue weighted by molar-refractivity contribution is 5.92. The fraction of sp³-hybridized carbons (Fsp3) is 0.588. The van der Waals surface area contributed by atoms with Crippen molar-refractivity contribution in [3.05, 3.63) is 24.3 Å². The van der Waals surface area contributed by atoms with Gasteiger partial charge in [0.05, 0.1) is 6.61 Å². The molecule has 0 unspecified atom stereocenters. The van der Waals surface area contributed by atoms with Crippen LogP contribution in [0.15, 0.2) is 24.3 Å². The number of hydrogen-bond acceptors (Lipinski definition) is 3. The summed E-state index contributed by atoms with van der Waals surface area (Å²) in [5, 5.41) is 3.03. The van der Waals surface area contributed by atoms with Gasteiger partial charge < -0.3 is 15.0 Å². The highest BCUT2D eigenvalue weighted by Gasteiger charge is 2.28. The Hall–Kier alpha value is -1.55. The Labute approximate surface area is 127 Å². The molecule has 21 heavy (non-hydrogen) atoms. The smallest absolute Gasteiger partial charge is 0.227 e. The first-order valence-corrected chi connectivity index (χ1v) is 7.80. The molecule has 4 heteroatoms. The van der Waals surface area contributed by atoms with Crippen molar-refractivity contribution in [2.24, 2.45) is 5.92 Å². The minimum Gasteiger partial charge on any atom is -0.494 e. The SMILES string of the molecule is CCOc1cccc(NC(=O)[C@H]2CCC[C@@H](N(C)C)C2)c1. The molecule has 1 saturated carbocycles. The molecule has 1 aromatic rings. The van der Waals surface area contributed by atoms with E-state index in [9.17, 15) is 4.79 Å². The number of nitrogens with one attached hydrogen (secondary N) is 1. The van der Waals surface area contributed by atoms with E-state index in [2.05, 4.69) is 24.3 Å². The lowest BCUT2D eigenvalue weighted by Crippen LogP contribution is -2.37. The molecule has 0 aliphatic heterocycles. The molecule has 2 atom stereocenters. The van der Waals surface area contributed by atoms with E-state index in [0.717, 1.165) is 30.7 Å². The minimum absolute atomic E-state index is 0.113. The largest absolute Gasteiger partial charge is 0.494 e. The van der Waals surface area contributed by atoms with E-state index in [-0.39, 0.29) is 11.8 Å². The highest BCUT2D eigenvalue weighted by Crippen LogP contribution is 2.28. The zero-order valence-electron chi connectivity index (χ0n) is 13.3. The van der Waals surface area contributed by atoms with Crippen molar-refractivity contribution >= 4 is 11.6 Å². The number of ether oxygens (including phenoxy) is 1. The maximum absolute atomic E-state index is 12.4. The number of anilines is 1. The predicted octanol–water partition coefficient (Wildman–Crippen LogP) is 3.14. The van der Waals surface area contributed by atoms with Gasteiger partial charge >= 0.3 is 0 Å². The molecule has 0 aromatic heterocycles. The van der Waals surface area contributed by atoms with Crippen LogP contribution >= 0.6 is 0 Å². The summed E-state index contributed by atoms with van der Waals surface area (Å²) >= 11 is 0. The summed E-state index contributed by atoms with van der Waals surface area (Å²) in [7, 11) is 4.19. The molecule has 1 N–H and O–H groups in total. The molecule has 0 spiro atoms. The van der Waals surface area contributed by atoms with E-state index in [4.69, 9.17) is 4.74 Å². The summed E-state index contributed by atoms with van der Waals surface area (Å²) in [6.45, 7) is 2.58. The van der Waals surface area contributed by atoms with Gasteiger partial charge in [-0.3, -0.25) is 4.79 Å². The third-order valence-corrected chi connectivity index (χ3v) is 4.16. The normalized spacial score (nSPS) is 22.1. The number of carbonyl (C=O) groups is 1. The standard InChI is InChI=1S/C17H26N2O2/c1-4-21-16-10-6-8-14(12-16)18-17(20)13-7-5-9-15(11-13)19(2)3/h6,8,10,12-13,15H,4-5,7,9,11H2,1-3H3,(H,18,20)/t13-,15+/m0/s1. The average molecular weight is 290 g/mol. The summed E-state index contributed by atoms with van der Waals surface area (Å²) in [5.74, 6) is 1.04. The number of carbonyl (C=O) groups excluding carboxylic acids is 1. The number of amides is 1. The van der Waals surface area contributed by atoms with Crippen molar-refractivity contribution in [3.63, 3.8) is 0 Å². The summed E-state index contributed by atoms with van der Waals surface area (Å²) in [6, 6.07) is 8.12. The predicted molar refractivity (Wildman–Crippen MR) is 85.7 cm³/mol. The molecule has 1 fully saturated rings. The van der Waals surface area contributed by atoms with E-state index >= 15 is 0 Å². The van der Waals surface area contributed by atoms with E-state index in [1.807, 2.05) is 31.2 Å². The second-order valence-corrected chi connectivity index (χ2v) is 5.93. The topological polar surface area (TPSA) is 41.6 Å². The van der Waals surface area contributed by atoms with Crippen LogP contribution in [0.3, 0.4) is 0 Å². The summed E-state index contributed by atoms with van der Waals surface area (Å²) in [6.07, 6.45) is 4.25. The average Bonchev–Trinajstić information content (AvgIpc) is 2.48. The molecular formula is C17H26N2O2. The van der Waals surface area contributed by atoms with Crippen molar-refractivity contribution < 1.29 is 9.53 Å². The monoisotopic (exact) mass is 290 g/mol. The van der Waals surface area contributed by atoms with E-state index < -0.39 is 0 Å². The molecule has 1 aliphatic rings. The van der Waals surface area contributed by atoms with Gasteiger partial charge in [-0.05, 0) is 52.4 Å². The Bertz CT molecular complexity index is 474. The molecule has 1 aliphatic carbocycles. The van der Waals surface area contributed by atoms with Gasteiger partial charge in [-0.15, -0.1) is 0 Å². The van der Waals surface area contributed by atoms with Crippen LogP contribution in [0.1, 0.15) is 32.6 Å². The minimum atomic E-state index is 0.113. The Morgan fingerprint density at radius 2 is 2.19 bits per heavy atom. The second kappa shape index (κ2) is 7.46. The van der Waals surface area contributed by atoms with E-state index in [1.54, 1.807) is 0 Å².